The largest absolute Gasteiger partial charge is 0.494 e. The molecule has 0 aliphatic rings. The van der Waals surface area contributed by atoms with Crippen LogP contribution in [0.3, 0.4) is 0 Å². The van der Waals surface area contributed by atoms with Crippen LogP contribution in [-0.2, 0) is 13.0 Å². The lowest BCUT2D eigenvalue weighted by atomic mass is 10.1. The molecule has 28 heavy (non-hydrogen) atoms. The molecule has 3 rings (SSSR count). The van der Waals surface area contributed by atoms with Crippen molar-refractivity contribution in [3.05, 3.63) is 58.4 Å². The van der Waals surface area contributed by atoms with Crippen LogP contribution >= 0.6 is 0 Å². The Balaban J connectivity index is 1.63. The van der Waals surface area contributed by atoms with Crippen molar-refractivity contribution < 1.29 is 9.84 Å². The maximum atomic E-state index is 9.22. The minimum Gasteiger partial charge on any atom is -0.494 e. The van der Waals surface area contributed by atoms with Crippen molar-refractivity contribution in [1.29, 1.82) is 0 Å². The number of ether oxygens (including phenoxy) is 1. The molecule has 0 saturated heterocycles. The van der Waals surface area contributed by atoms with Crippen LogP contribution in [0, 0.1) is 27.7 Å². The van der Waals surface area contributed by atoms with E-state index in [0.29, 0.717) is 0 Å². The zero-order valence-corrected chi connectivity index (χ0v) is 17.6. The van der Waals surface area contributed by atoms with Gasteiger partial charge in [0.15, 0.2) is 0 Å². The molecular formula is C24H32N2O2. The lowest BCUT2D eigenvalue weighted by molar-refractivity contribution is 0.286. The summed E-state index contributed by atoms with van der Waals surface area (Å²) >= 11 is 0. The summed E-state index contributed by atoms with van der Waals surface area (Å²) in [6, 6.07) is 10.7. The second-order valence-electron chi connectivity index (χ2n) is 7.73. The molecule has 0 bridgehead atoms. The topological polar surface area (TPSA) is 47.3 Å². The van der Waals surface area contributed by atoms with Gasteiger partial charge >= 0.3 is 0 Å². The number of aliphatic hydroxyl groups is 1. The summed E-state index contributed by atoms with van der Waals surface area (Å²) in [4.78, 5) is 4.84. The highest BCUT2D eigenvalue weighted by Crippen LogP contribution is 2.22. The highest BCUT2D eigenvalue weighted by molar-refractivity contribution is 5.78. The summed E-state index contributed by atoms with van der Waals surface area (Å²) in [6.07, 6.45) is 3.59. The minimum absolute atomic E-state index is 0.199. The van der Waals surface area contributed by atoms with Crippen LogP contribution in [0.4, 0.5) is 0 Å². The van der Waals surface area contributed by atoms with E-state index in [1.807, 2.05) is 6.07 Å². The van der Waals surface area contributed by atoms with E-state index in [4.69, 9.17) is 9.72 Å². The molecule has 4 heteroatoms. The fraction of sp³-hybridized carbons (Fsp3) is 0.458. The normalized spacial score (nSPS) is 11.3. The second-order valence-corrected chi connectivity index (χ2v) is 7.73. The summed E-state index contributed by atoms with van der Waals surface area (Å²) in [5.41, 5.74) is 7.38. The highest BCUT2D eigenvalue weighted by atomic mass is 16.5. The first-order valence-corrected chi connectivity index (χ1v) is 10.3. The molecule has 150 valence electrons. The molecule has 2 aromatic carbocycles. The lowest BCUT2D eigenvalue weighted by Gasteiger charge is -2.11. The van der Waals surface area contributed by atoms with Crippen molar-refractivity contribution in [2.45, 2.75) is 59.9 Å². The zero-order valence-electron chi connectivity index (χ0n) is 17.6. The Labute approximate surface area is 168 Å². The first kappa shape index (κ1) is 20.4. The number of unbranched alkanes of at least 4 members (excludes halogenated alkanes) is 1. The smallest absolute Gasteiger partial charge is 0.119 e. The number of aromatic nitrogens is 2. The number of hydrogen-bond donors (Lipinski definition) is 1. The van der Waals surface area contributed by atoms with E-state index in [9.17, 15) is 5.11 Å². The first-order chi connectivity index (χ1) is 13.5. The summed E-state index contributed by atoms with van der Waals surface area (Å²) < 4.78 is 8.25. The Kier molecular flexibility index (Phi) is 6.74. The van der Waals surface area contributed by atoms with Crippen LogP contribution in [0.15, 0.2) is 30.3 Å². The average Bonchev–Trinajstić information content (AvgIpc) is 2.99. The highest BCUT2D eigenvalue weighted by Gasteiger charge is 2.12. The molecule has 0 radical (unpaired) electrons. The summed E-state index contributed by atoms with van der Waals surface area (Å²) in [6.45, 7) is 10.4. The Morgan fingerprint density at radius 1 is 0.893 bits per heavy atom. The van der Waals surface area contributed by atoms with Gasteiger partial charge in [-0.05, 0) is 93.5 Å². The first-order valence-electron chi connectivity index (χ1n) is 10.3. The monoisotopic (exact) mass is 380 g/mol. The van der Waals surface area contributed by atoms with Crippen LogP contribution in [0.25, 0.3) is 11.0 Å². The van der Waals surface area contributed by atoms with Gasteiger partial charge in [-0.2, -0.15) is 0 Å². The quantitative estimate of drug-likeness (QED) is 0.528. The third kappa shape index (κ3) is 4.74. The van der Waals surface area contributed by atoms with Crippen LogP contribution in [0.5, 0.6) is 5.75 Å². The number of benzene rings is 2. The lowest BCUT2D eigenvalue weighted by Crippen LogP contribution is -2.07. The van der Waals surface area contributed by atoms with E-state index in [2.05, 4.69) is 56.5 Å². The molecule has 0 saturated carbocycles. The molecule has 0 spiro atoms. The molecule has 0 aliphatic carbocycles. The summed E-state index contributed by atoms with van der Waals surface area (Å²) in [7, 11) is 0. The van der Waals surface area contributed by atoms with E-state index < -0.39 is 0 Å². The Bertz CT molecular complexity index is 943. The van der Waals surface area contributed by atoms with Gasteiger partial charge in [-0.25, -0.2) is 4.98 Å². The maximum Gasteiger partial charge on any atom is 0.119 e. The Morgan fingerprint density at radius 2 is 1.64 bits per heavy atom. The van der Waals surface area contributed by atoms with Crippen LogP contribution in [0.2, 0.25) is 0 Å². The SMILES string of the molecule is Cc1ccc(OCCCCn2c(CCCO)nc3cc(C)c(C)cc32)cc1C. The molecule has 0 fully saturated rings. The van der Waals surface area contributed by atoms with E-state index in [-0.39, 0.29) is 6.61 Å². The second kappa shape index (κ2) is 9.24. The van der Waals surface area contributed by atoms with Crippen molar-refractivity contribution in [3.8, 4) is 5.75 Å². The van der Waals surface area contributed by atoms with Gasteiger partial charge in [0.25, 0.3) is 0 Å². The molecule has 1 heterocycles. The van der Waals surface area contributed by atoms with Gasteiger partial charge in [0.05, 0.1) is 17.6 Å². The third-order valence-electron chi connectivity index (χ3n) is 5.52. The van der Waals surface area contributed by atoms with Gasteiger partial charge in [0.2, 0.25) is 0 Å². The summed E-state index contributed by atoms with van der Waals surface area (Å²) in [5, 5.41) is 9.22. The number of fused-ring (bicyclic) bond motifs is 1. The molecule has 0 unspecified atom stereocenters. The predicted octanol–water partition coefficient (Wildman–Crippen LogP) is 5.05. The third-order valence-corrected chi connectivity index (χ3v) is 5.52. The van der Waals surface area contributed by atoms with Gasteiger partial charge in [-0.3, -0.25) is 0 Å². The molecule has 0 atom stereocenters. The molecule has 4 nitrogen and oxygen atoms in total. The van der Waals surface area contributed by atoms with Crippen molar-refractivity contribution in [3.63, 3.8) is 0 Å². The predicted molar refractivity (Wildman–Crippen MR) is 115 cm³/mol. The Hall–Kier alpha value is -2.33. The minimum atomic E-state index is 0.199. The van der Waals surface area contributed by atoms with Gasteiger partial charge < -0.3 is 14.4 Å². The Morgan fingerprint density at radius 3 is 2.39 bits per heavy atom. The van der Waals surface area contributed by atoms with Gasteiger partial charge in [0.1, 0.15) is 11.6 Å². The number of rotatable bonds is 9. The number of hydrogen-bond acceptors (Lipinski definition) is 3. The van der Waals surface area contributed by atoms with E-state index >= 15 is 0 Å². The number of imidazole rings is 1. The number of aryl methyl sites for hydroxylation is 6. The summed E-state index contributed by atoms with van der Waals surface area (Å²) in [5.74, 6) is 2.02. The molecule has 3 aromatic rings. The molecule has 1 aromatic heterocycles. The van der Waals surface area contributed by atoms with Crippen LogP contribution in [0.1, 0.15) is 47.3 Å². The molecule has 0 amide bonds. The number of aliphatic hydroxyl groups excluding tert-OH is 1. The average molecular weight is 381 g/mol. The number of nitrogens with zero attached hydrogens (tertiary/aromatic N) is 2. The van der Waals surface area contributed by atoms with Crippen molar-refractivity contribution >= 4 is 11.0 Å². The molecular weight excluding hydrogens is 348 g/mol. The van der Waals surface area contributed by atoms with Crippen LogP contribution < -0.4 is 4.74 Å². The van der Waals surface area contributed by atoms with E-state index in [0.717, 1.165) is 55.9 Å². The van der Waals surface area contributed by atoms with Gasteiger partial charge in [-0.1, -0.05) is 6.07 Å². The zero-order chi connectivity index (χ0) is 20.1. The van der Waals surface area contributed by atoms with Crippen LogP contribution in [-0.4, -0.2) is 27.9 Å². The van der Waals surface area contributed by atoms with Crippen molar-refractivity contribution in [2.24, 2.45) is 0 Å². The standard InChI is InChI=1S/C24H32N2O2/c1-17-9-10-21(14-18(17)2)28-13-6-5-11-26-23-16-20(4)19(3)15-22(23)25-24(26)8-7-12-27/h9-10,14-16,27H,5-8,11-13H2,1-4H3. The van der Waals surface area contributed by atoms with Gasteiger partial charge in [0, 0.05) is 19.6 Å². The molecule has 0 aliphatic heterocycles. The fourth-order valence-electron chi connectivity index (χ4n) is 3.47. The fourth-order valence-corrected chi connectivity index (χ4v) is 3.47. The molecule has 1 N–H and O–H groups in total. The maximum absolute atomic E-state index is 9.22. The van der Waals surface area contributed by atoms with Gasteiger partial charge in [-0.15, -0.1) is 0 Å². The van der Waals surface area contributed by atoms with E-state index in [1.165, 1.54) is 27.8 Å². The van der Waals surface area contributed by atoms with Crippen molar-refractivity contribution in [2.75, 3.05) is 13.2 Å². The van der Waals surface area contributed by atoms with Crippen molar-refractivity contribution in [1.82, 2.24) is 9.55 Å². The van der Waals surface area contributed by atoms with E-state index in [1.54, 1.807) is 0 Å².